The van der Waals surface area contributed by atoms with Gasteiger partial charge in [0.1, 0.15) is 11.6 Å². The van der Waals surface area contributed by atoms with Gasteiger partial charge in [-0.3, -0.25) is 9.36 Å². The number of aryl methyl sites for hydroxylation is 2. The maximum atomic E-state index is 12.3. The third kappa shape index (κ3) is 4.68. The van der Waals surface area contributed by atoms with Crippen LogP contribution in [0.5, 0.6) is 5.75 Å². The minimum absolute atomic E-state index is 0.0776. The summed E-state index contributed by atoms with van der Waals surface area (Å²) in [5, 5.41) is 11.9. The predicted molar refractivity (Wildman–Crippen MR) is 108 cm³/mol. The fourth-order valence-corrected chi connectivity index (χ4v) is 3.41. The zero-order valence-corrected chi connectivity index (χ0v) is 16.4. The molecule has 1 aromatic heterocycles. The second-order valence-corrected chi connectivity index (χ2v) is 6.89. The Balaban J connectivity index is 1.66. The lowest BCUT2D eigenvalue weighted by Crippen LogP contribution is -2.14. The van der Waals surface area contributed by atoms with E-state index >= 15 is 0 Å². The quantitative estimate of drug-likeness (QED) is 0.628. The lowest BCUT2D eigenvalue weighted by Gasteiger charge is -2.09. The SMILES string of the molecule is CCc1ccc(NC(=O)CSc2nnc(C)n2-c2ccc(OC)cc2)cc1. The molecule has 0 spiro atoms. The van der Waals surface area contributed by atoms with Crippen molar-refractivity contribution in [2.24, 2.45) is 0 Å². The fourth-order valence-electron chi connectivity index (χ4n) is 2.62. The minimum Gasteiger partial charge on any atom is -0.497 e. The molecule has 0 atom stereocenters. The third-order valence-corrected chi connectivity index (χ3v) is 5.03. The van der Waals surface area contributed by atoms with Crippen molar-refractivity contribution in [3.63, 3.8) is 0 Å². The van der Waals surface area contributed by atoms with E-state index in [1.165, 1.54) is 17.3 Å². The first-order valence-electron chi connectivity index (χ1n) is 8.68. The lowest BCUT2D eigenvalue weighted by atomic mass is 10.1. The topological polar surface area (TPSA) is 69.0 Å². The van der Waals surface area contributed by atoms with Crippen LogP contribution in [-0.2, 0) is 11.2 Å². The first kappa shape index (κ1) is 19.0. The Morgan fingerprint density at radius 2 is 1.81 bits per heavy atom. The minimum atomic E-state index is -0.0776. The molecule has 0 saturated carbocycles. The summed E-state index contributed by atoms with van der Waals surface area (Å²) in [5.41, 5.74) is 2.97. The molecule has 0 saturated heterocycles. The van der Waals surface area contributed by atoms with Crippen molar-refractivity contribution in [2.45, 2.75) is 25.4 Å². The van der Waals surface area contributed by atoms with Gasteiger partial charge in [0.05, 0.1) is 12.9 Å². The van der Waals surface area contributed by atoms with Crippen molar-refractivity contribution < 1.29 is 9.53 Å². The number of hydrogen-bond donors (Lipinski definition) is 1. The zero-order chi connectivity index (χ0) is 19.2. The molecule has 0 radical (unpaired) electrons. The molecule has 0 aliphatic rings. The highest BCUT2D eigenvalue weighted by atomic mass is 32.2. The molecule has 0 aliphatic carbocycles. The molecule has 0 aliphatic heterocycles. The predicted octanol–water partition coefficient (Wildman–Crippen LogP) is 3.88. The van der Waals surface area contributed by atoms with Crippen LogP contribution in [0.1, 0.15) is 18.3 Å². The first-order valence-corrected chi connectivity index (χ1v) is 9.67. The number of methoxy groups -OCH3 is 1. The van der Waals surface area contributed by atoms with E-state index in [0.29, 0.717) is 5.16 Å². The Morgan fingerprint density at radius 3 is 2.44 bits per heavy atom. The Morgan fingerprint density at radius 1 is 1.11 bits per heavy atom. The van der Waals surface area contributed by atoms with E-state index in [1.807, 2.05) is 60.0 Å². The second-order valence-electron chi connectivity index (χ2n) is 5.95. The molecule has 2 aromatic carbocycles. The zero-order valence-electron chi connectivity index (χ0n) is 15.6. The van der Waals surface area contributed by atoms with Crippen molar-refractivity contribution in [3.05, 3.63) is 59.9 Å². The highest BCUT2D eigenvalue weighted by molar-refractivity contribution is 7.99. The number of carbonyl (C=O) groups excluding carboxylic acids is 1. The second kappa shape index (κ2) is 8.73. The van der Waals surface area contributed by atoms with Gasteiger partial charge in [-0.2, -0.15) is 0 Å². The Kier molecular flexibility index (Phi) is 6.13. The number of rotatable bonds is 7. The van der Waals surface area contributed by atoms with E-state index < -0.39 is 0 Å². The number of nitrogens with one attached hydrogen (secondary N) is 1. The van der Waals surface area contributed by atoms with Gasteiger partial charge < -0.3 is 10.1 Å². The van der Waals surface area contributed by atoms with Crippen LogP contribution in [0.15, 0.2) is 53.7 Å². The third-order valence-electron chi connectivity index (χ3n) is 4.10. The Labute approximate surface area is 163 Å². The highest BCUT2D eigenvalue weighted by Gasteiger charge is 2.13. The summed E-state index contributed by atoms with van der Waals surface area (Å²) in [4.78, 5) is 12.3. The number of thioether (sulfide) groups is 1. The fraction of sp³-hybridized carbons (Fsp3) is 0.250. The van der Waals surface area contributed by atoms with Gasteiger partial charge >= 0.3 is 0 Å². The molecule has 3 aromatic rings. The van der Waals surface area contributed by atoms with E-state index in [2.05, 4.69) is 22.4 Å². The molecular weight excluding hydrogens is 360 g/mol. The maximum Gasteiger partial charge on any atom is 0.234 e. The molecule has 6 nitrogen and oxygen atoms in total. The molecule has 3 rings (SSSR count). The largest absolute Gasteiger partial charge is 0.497 e. The average molecular weight is 382 g/mol. The number of amides is 1. The van der Waals surface area contributed by atoms with Crippen molar-refractivity contribution in [3.8, 4) is 11.4 Å². The summed E-state index contributed by atoms with van der Waals surface area (Å²) >= 11 is 1.35. The number of anilines is 1. The van der Waals surface area contributed by atoms with Gasteiger partial charge in [0.2, 0.25) is 5.91 Å². The lowest BCUT2D eigenvalue weighted by molar-refractivity contribution is -0.113. The smallest absolute Gasteiger partial charge is 0.234 e. The first-order chi connectivity index (χ1) is 13.1. The molecule has 0 fully saturated rings. The molecule has 0 unspecified atom stereocenters. The summed E-state index contributed by atoms with van der Waals surface area (Å²) in [5.74, 6) is 1.72. The van der Waals surface area contributed by atoms with Crippen LogP contribution >= 0.6 is 11.8 Å². The number of aromatic nitrogens is 3. The van der Waals surface area contributed by atoms with Crippen LogP contribution < -0.4 is 10.1 Å². The molecular formula is C20H22N4O2S. The number of nitrogens with zero attached hydrogens (tertiary/aromatic N) is 3. The van der Waals surface area contributed by atoms with Crippen molar-refractivity contribution in [2.75, 3.05) is 18.2 Å². The summed E-state index contributed by atoms with van der Waals surface area (Å²) in [7, 11) is 1.63. The number of carbonyl (C=O) groups is 1. The molecule has 1 amide bonds. The van der Waals surface area contributed by atoms with Crippen molar-refractivity contribution >= 4 is 23.4 Å². The molecule has 0 bridgehead atoms. The van der Waals surface area contributed by atoms with Crippen LogP contribution in [0.2, 0.25) is 0 Å². The summed E-state index contributed by atoms with van der Waals surface area (Å²) in [6.07, 6.45) is 0.977. The maximum absolute atomic E-state index is 12.3. The molecule has 27 heavy (non-hydrogen) atoms. The van der Waals surface area contributed by atoms with E-state index in [-0.39, 0.29) is 11.7 Å². The highest BCUT2D eigenvalue weighted by Crippen LogP contribution is 2.23. The van der Waals surface area contributed by atoms with Crippen molar-refractivity contribution in [1.82, 2.24) is 14.8 Å². The van der Waals surface area contributed by atoms with Gasteiger partial charge in [-0.15, -0.1) is 10.2 Å². The Hall–Kier alpha value is -2.80. The van der Waals surface area contributed by atoms with Gasteiger partial charge in [0.15, 0.2) is 5.16 Å². The van der Waals surface area contributed by atoms with Gasteiger partial charge in [-0.1, -0.05) is 30.8 Å². The average Bonchev–Trinajstić information content (AvgIpc) is 3.07. The number of ether oxygens (including phenoxy) is 1. The standard InChI is InChI=1S/C20H22N4O2S/c1-4-15-5-7-16(8-6-15)21-19(25)13-27-20-23-22-14(2)24(20)17-9-11-18(26-3)12-10-17/h5-12H,4,13H2,1-3H3,(H,21,25). The van der Waals surface area contributed by atoms with Gasteiger partial charge in [0.25, 0.3) is 0 Å². The Bertz CT molecular complexity index is 905. The molecule has 7 heteroatoms. The molecule has 1 N–H and O–H groups in total. The van der Waals surface area contributed by atoms with Crippen LogP contribution in [0.3, 0.4) is 0 Å². The summed E-state index contributed by atoms with van der Waals surface area (Å²) in [6, 6.07) is 15.5. The van der Waals surface area contributed by atoms with Gasteiger partial charge in [-0.25, -0.2) is 0 Å². The number of hydrogen-bond acceptors (Lipinski definition) is 5. The van der Waals surface area contributed by atoms with E-state index in [1.54, 1.807) is 7.11 Å². The van der Waals surface area contributed by atoms with Crippen LogP contribution in [0, 0.1) is 6.92 Å². The van der Waals surface area contributed by atoms with E-state index in [4.69, 9.17) is 4.74 Å². The van der Waals surface area contributed by atoms with Crippen molar-refractivity contribution in [1.29, 1.82) is 0 Å². The van der Waals surface area contributed by atoms with E-state index in [0.717, 1.165) is 29.4 Å². The van der Waals surface area contributed by atoms with Gasteiger partial charge in [-0.05, 0) is 55.3 Å². The van der Waals surface area contributed by atoms with Crippen LogP contribution in [-0.4, -0.2) is 33.5 Å². The van der Waals surface area contributed by atoms with Gasteiger partial charge in [0, 0.05) is 11.4 Å². The molecule has 140 valence electrons. The monoisotopic (exact) mass is 382 g/mol. The van der Waals surface area contributed by atoms with Crippen LogP contribution in [0.4, 0.5) is 5.69 Å². The normalized spacial score (nSPS) is 10.6. The number of benzene rings is 2. The summed E-state index contributed by atoms with van der Waals surface area (Å²) in [6.45, 7) is 3.99. The van der Waals surface area contributed by atoms with E-state index in [9.17, 15) is 4.79 Å². The molecule has 1 heterocycles. The summed E-state index contributed by atoms with van der Waals surface area (Å²) < 4.78 is 7.12. The van der Waals surface area contributed by atoms with Crippen LogP contribution in [0.25, 0.3) is 5.69 Å².